The molecule has 1 aromatic heterocycles. The zero-order valence-corrected chi connectivity index (χ0v) is 14.1. The maximum Gasteiger partial charge on any atom is 0.229 e. The van der Waals surface area contributed by atoms with Crippen molar-refractivity contribution in [3.63, 3.8) is 0 Å². The summed E-state index contributed by atoms with van der Waals surface area (Å²) in [6.07, 6.45) is 1.92. The zero-order valence-electron chi connectivity index (χ0n) is 12.5. The summed E-state index contributed by atoms with van der Waals surface area (Å²) >= 11 is 3.37. The molecule has 0 amide bonds. The summed E-state index contributed by atoms with van der Waals surface area (Å²) in [5, 5.41) is 15.6. The van der Waals surface area contributed by atoms with Crippen molar-refractivity contribution in [3.8, 4) is 5.75 Å². The van der Waals surface area contributed by atoms with Crippen LogP contribution in [0.2, 0.25) is 0 Å². The number of halogens is 1. The Bertz CT molecular complexity index is 607. The van der Waals surface area contributed by atoms with Crippen LogP contribution in [0.3, 0.4) is 0 Å². The molecule has 1 aromatic carbocycles. The summed E-state index contributed by atoms with van der Waals surface area (Å²) in [7, 11) is 1.80. The molecule has 1 heterocycles. The average molecular weight is 367 g/mol. The third-order valence-electron chi connectivity index (χ3n) is 3.01. The van der Waals surface area contributed by atoms with Gasteiger partial charge in [-0.3, -0.25) is 0 Å². The molecular weight excluding hydrogens is 348 g/mol. The van der Waals surface area contributed by atoms with Gasteiger partial charge in [-0.1, -0.05) is 6.92 Å². The lowest BCUT2D eigenvalue weighted by Crippen LogP contribution is -2.15. The van der Waals surface area contributed by atoms with Crippen LogP contribution >= 0.6 is 15.9 Å². The van der Waals surface area contributed by atoms with Crippen molar-refractivity contribution in [2.45, 2.75) is 19.4 Å². The second-order valence-electron chi connectivity index (χ2n) is 4.66. The summed E-state index contributed by atoms with van der Waals surface area (Å²) in [5.74, 6) is 1.93. The van der Waals surface area contributed by atoms with E-state index in [4.69, 9.17) is 4.74 Å². The topological polar surface area (TPSA) is 79.3 Å². The van der Waals surface area contributed by atoms with Crippen molar-refractivity contribution < 1.29 is 9.84 Å². The normalized spacial score (nSPS) is 11.8. The Morgan fingerprint density at radius 3 is 2.68 bits per heavy atom. The van der Waals surface area contributed by atoms with Gasteiger partial charge in [-0.25, -0.2) is 4.98 Å². The largest absolute Gasteiger partial charge is 0.491 e. The first kappa shape index (κ1) is 16.5. The number of anilines is 3. The standard InChI is InChI=1S/C15H19BrN4O2/c1-3-11(21)9-22-12-6-4-10(5-7-12)19-15-18-8-13(16)14(17-2)20-15/h4-8,11,21H,3,9H2,1-2H3,(H2,17,18,19,20). The lowest BCUT2D eigenvalue weighted by molar-refractivity contribution is 0.104. The fourth-order valence-electron chi connectivity index (χ4n) is 1.68. The van der Waals surface area contributed by atoms with Gasteiger partial charge < -0.3 is 20.5 Å². The average Bonchev–Trinajstić information content (AvgIpc) is 2.55. The molecule has 0 spiro atoms. The number of hydrogen-bond acceptors (Lipinski definition) is 6. The van der Waals surface area contributed by atoms with Gasteiger partial charge in [0, 0.05) is 18.9 Å². The quantitative estimate of drug-likeness (QED) is 0.698. The van der Waals surface area contributed by atoms with Crippen molar-refractivity contribution >= 4 is 33.4 Å². The van der Waals surface area contributed by atoms with Crippen LogP contribution in [0.15, 0.2) is 34.9 Å². The minimum absolute atomic E-state index is 0.296. The van der Waals surface area contributed by atoms with Crippen molar-refractivity contribution in [2.75, 3.05) is 24.3 Å². The van der Waals surface area contributed by atoms with Gasteiger partial charge in [0.25, 0.3) is 0 Å². The minimum Gasteiger partial charge on any atom is -0.491 e. The van der Waals surface area contributed by atoms with E-state index < -0.39 is 6.10 Å². The molecule has 0 fully saturated rings. The molecule has 118 valence electrons. The lowest BCUT2D eigenvalue weighted by Gasteiger charge is -2.11. The second kappa shape index (κ2) is 7.95. The number of nitrogens with one attached hydrogen (secondary N) is 2. The highest BCUT2D eigenvalue weighted by Gasteiger charge is 2.05. The molecular formula is C15H19BrN4O2. The molecule has 0 aliphatic carbocycles. The summed E-state index contributed by atoms with van der Waals surface area (Å²) in [5.41, 5.74) is 0.854. The molecule has 1 unspecified atom stereocenters. The minimum atomic E-state index is -0.436. The first-order valence-corrected chi connectivity index (χ1v) is 7.80. The SMILES string of the molecule is CCC(O)COc1ccc(Nc2ncc(Br)c(NC)n2)cc1. The van der Waals surface area contributed by atoms with Crippen LogP contribution in [-0.2, 0) is 0 Å². The third-order valence-corrected chi connectivity index (χ3v) is 3.59. The van der Waals surface area contributed by atoms with Crippen LogP contribution in [0, 0.1) is 0 Å². The van der Waals surface area contributed by atoms with Gasteiger partial charge in [0.1, 0.15) is 18.2 Å². The highest BCUT2D eigenvalue weighted by Crippen LogP contribution is 2.22. The number of rotatable bonds is 7. The summed E-state index contributed by atoms with van der Waals surface area (Å²) in [6, 6.07) is 7.42. The fourth-order valence-corrected chi connectivity index (χ4v) is 2.07. The molecule has 2 aromatic rings. The molecule has 0 aliphatic rings. The van der Waals surface area contributed by atoms with Crippen molar-refractivity contribution in [1.82, 2.24) is 9.97 Å². The molecule has 6 nitrogen and oxygen atoms in total. The molecule has 22 heavy (non-hydrogen) atoms. The van der Waals surface area contributed by atoms with Gasteiger partial charge >= 0.3 is 0 Å². The molecule has 0 saturated heterocycles. The lowest BCUT2D eigenvalue weighted by atomic mass is 10.3. The van der Waals surface area contributed by atoms with E-state index in [0.717, 1.165) is 10.2 Å². The number of nitrogens with zero attached hydrogens (tertiary/aromatic N) is 2. The molecule has 0 saturated carbocycles. The van der Waals surface area contributed by atoms with Crippen LogP contribution in [0.1, 0.15) is 13.3 Å². The molecule has 3 N–H and O–H groups in total. The van der Waals surface area contributed by atoms with E-state index in [-0.39, 0.29) is 0 Å². The highest BCUT2D eigenvalue weighted by atomic mass is 79.9. The molecule has 7 heteroatoms. The molecule has 2 rings (SSSR count). The van der Waals surface area contributed by atoms with Gasteiger partial charge in [0.05, 0.1) is 10.6 Å². The zero-order chi connectivity index (χ0) is 15.9. The van der Waals surface area contributed by atoms with Crippen molar-refractivity contribution in [3.05, 3.63) is 34.9 Å². The van der Waals surface area contributed by atoms with E-state index in [1.165, 1.54) is 0 Å². The summed E-state index contributed by atoms with van der Waals surface area (Å²) in [4.78, 5) is 8.54. The Labute approximate surface area is 138 Å². The van der Waals surface area contributed by atoms with E-state index in [1.54, 1.807) is 13.2 Å². The number of aliphatic hydroxyl groups excluding tert-OH is 1. The Balaban J connectivity index is 1.99. The molecule has 0 radical (unpaired) electrons. The summed E-state index contributed by atoms with van der Waals surface area (Å²) in [6.45, 7) is 2.21. The van der Waals surface area contributed by atoms with E-state index in [1.807, 2.05) is 31.2 Å². The molecule has 0 bridgehead atoms. The Morgan fingerprint density at radius 2 is 2.05 bits per heavy atom. The molecule has 0 aliphatic heterocycles. The maximum atomic E-state index is 9.48. The van der Waals surface area contributed by atoms with E-state index in [0.29, 0.717) is 30.5 Å². The predicted molar refractivity (Wildman–Crippen MR) is 90.8 cm³/mol. The highest BCUT2D eigenvalue weighted by molar-refractivity contribution is 9.10. The van der Waals surface area contributed by atoms with Crippen LogP contribution in [0.25, 0.3) is 0 Å². The van der Waals surface area contributed by atoms with Crippen molar-refractivity contribution in [2.24, 2.45) is 0 Å². The number of aliphatic hydroxyl groups is 1. The van der Waals surface area contributed by atoms with Crippen LogP contribution in [-0.4, -0.2) is 34.8 Å². The Hall–Kier alpha value is -1.86. The van der Waals surface area contributed by atoms with Crippen LogP contribution in [0.5, 0.6) is 5.75 Å². The number of benzene rings is 1. The van der Waals surface area contributed by atoms with Gasteiger partial charge in [0.2, 0.25) is 5.95 Å². The van der Waals surface area contributed by atoms with Gasteiger partial charge in [-0.05, 0) is 46.6 Å². The van der Waals surface area contributed by atoms with E-state index in [9.17, 15) is 5.11 Å². The fraction of sp³-hybridized carbons (Fsp3) is 0.333. The van der Waals surface area contributed by atoms with Gasteiger partial charge in [-0.15, -0.1) is 0 Å². The van der Waals surface area contributed by atoms with E-state index >= 15 is 0 Å². The molecule has 1 atom stereocenters. The number of ether oxygens (including phenoxy) is 1. The smallest absolute Gasteiger partial charge is 0.229 e. The monoisotopic (exact) mass is 366 g/mol. The first-order chi connectivity index (χ1) is 10.6. The third kappa shape index (κ3) is 4.57. The van der Waals surface area contributed by atoms with Crippen LogP contribution < -0.4 is 15.4 Å². The number of hydrogen-bond donors (Lipinski definition) is 3. The first-order valence-electron chi connectivity index (χ1n) is 7.00. The van der Waals surface area contributed by atoms with Gasteiger partial charge in [0.15, 0.2) is 0 Å². The van der Waals surface area contributed by atoms with Gasteiger partial charge in [-0.2, -0.15) is 4.98 Å². The Kier molecular flexibility index (Phi) is 5.97. The Morgan fingerprint density at radius 1 is 1.32 bits per heavy atom. The van der Waals surface area contributed by atoms with E-state index in [2.05, 4.69) is 36.5 Å². The van der Waals surface area contributed by atoms with Crippen molar-refractivity contribution in [1.29, 1.82) is 0 Å². The number of aromatic nitrogens is 2. The second-order valence-corrected chi connectivity index (χ2v) is 5.52. The van der Waals surface area contributed by atoms with Crippen LogP contribution in [0.4, 0.5) is 17.5 Å². The predicted octanol–water partition coefficient (Wildman–Crippen LogP) is 3.17. The maximum absolute atomic E-state index is 9.48. The summed E-state index contributed by atoms with van der Waals surface area (Å²) < 4.78 is 6.30.